The van der Waals surface area contributed by atoms with Crippen LogP contribution >= 0.6 is 0 Å². The second-order valence-electron chi connectivity index (χ2n) is 5.03. The molecule has 0 heterocycles. The number of carboxylic acids is 1. The number of rotatable bonds is 5. The van der Waals surface area contributed by atoms with Crippen LogP contribution in [0.4, 0.5) is 10.5 Å². The molecule has 20 heavy (non-hydrogen) atoms. The predicted molar refractivity (Wildman–Crippen MR) is 74.0 cm³/mol. The lowest BCUT2D eigenvalue weighted by Gasteiger charge is -2.08. The van der Waals surface area contributed by atoms with Gasteiger partial charge in [-0.2, -0.15) is 0 Å². The van der Waals surface area contributed by atoms with Crippen LogP contribution in [-0.4, -0.2) is 28.3 Å². The second kappa shape index (κ2) is 5.81. The largest absolute Gasteiger partial charge is 0.507 e. The minimum absolute atomic E-state index is 0.214. The number of aromatic carboxylic acids is 1. The van der Waals surface area contributed by atoms with E-state index in [2.05, 4.69) is 17.6 Å². The van der Waals surface area contributed by atoms with Gasteiger partial charge >= 0.3 is 12.0 Å². The molecule has 2 rings (SSSR count). The van der Waals surface area contributed by atoms with Gasteiger partial charge in [-0.1, -0.05) is 13.3 Å². The van der Waals surface area contributed by atoms with Crippen LogP contribution in [0.15, 0.2) is 18.2 Å². The van der Waals surface area contributed by atoms with E-state index >= 15 is 0 Å². The lowest BCUT2D eigenvalue weighted by molar-refractivity contribution is 0.0693. The maximum Gasteiger partial charge on any atom is 0.339 e. The van der Waals surface area contributed by atoms with Gasteiger partial charge in [-0.25, -0.2) is 9.59 Å². The number of hydrogen-bond donors (Lipinski definition) is 4. The summed E-state index contributed by atoms with van der Waals surface area (Å²) in [7, 11) is 0. The number of nitrogens with one attached hydrogen (secondary N) is 2. The minimum Gasteiger partial charge on any atom is -0.507 e. The van der Waals surface area contributed by atoms with Crippen molar-refractivity contribution in [1.82, 2.24) is 5.32 Å². The molecule has 2 amide bonds. The molecule has 1 aromatic carbocycles. The van der Waals surface area contributed by atoms with E-state index in [0.29, 0.717) is 11.6 Å². The molecule has 6 nitrogen and oxygen atoms in total. The minimum atomic E-state index is -1.24. The lowest BCUT2D eigenvalue weighted by atomic mass is 10.2. The van der Waals surface area contributed by atoms with E-state index in [1.165, 1.54) is 18.2 Å². The molecule has 6 heteroatoms. The van der Waals surface area contributed by atoms with E-state index in [9.17, 15) is 14.7 Å². The fourth-order valence-corrected chi connectivity index (χ4v) is 2.23. The van der Waals surface area contributed by atoms with E-state index in [1.807, 2.05) is 0 Å². The molecule has 0 spiro atoms. The molecule has 1 aliphatic carbocycles. The first kappa shape index (κ1) is 14.2. The summed E-state index contributed by atoms with van der Waals surface area (Å²) in [5, 5.41) is 23.7. The highest BCUT2D eigenvalue weighted by Gasteiger charge is 2.37. The van der Waals surface area contributed by atoms with Crippen LogP contribution in [0.1, 0.15) is 36.5 Å². The Labute approximate surface area is 116 Å². The third kappa shape index (κ3) is 3.40. The van der Waals surface area contributed by atoms with Gasteiger partial charge in [-0.05, 0) is 37.0 Å². The Bertz CT molecular complexity index is 530. The van der Waals surface area contributed by atoms with Gasteiger partial charge in [0, 0.05) is 11.7 Å². The Morgan fingerprint density at radius 1 is 1.40 bits per heavy atom. The van der Waals surface area contributed by atoms with Crippen molar-refractivity contribution in [2.24, 2.45) is 5.92 Å². The zero-order valence-electron chi connectivity index (χ0n) is 11.2. The average Bonchev–Trinajstić information content (AvgIpc) is 3.09. The summed E-state index contributed by atoms with van der Waals surface area (Å²) < 4.78 is 0. The quantitative estimate of drug-likeness (QED) is 0.621. The zero-order valence-corrected chi connectivity index (χ0v) is 11.2. The topological polar surface area (TPSA) is 98.7 Å². The number of urea groups is 1. The highest BCUT2D eigenvalue weighted by atomic mass is 16.4. The van der Waals surface area contributed by atoms with E-state index in [-0.39, 0.29) is 23.4 Å². The number of carboxylic acid groups (broad SMARTS) is 1. The maximum absolute atomic E-state index is 11.7. The van der Waals surface area contributed by atoms with Crippen LogP contribution in [0.25, 0.3) is 0 Å². The molecule has 0 aliphatic heterocycles. The third-order valence-electron chi connectivity index (χ3n) is 3.38. The molecule has 2 unspecified atom stereocenters. The molecule has 1 aliphatic rings. The number of benzene rings is 1. The molecular formula is C14H18N2O4. The molecule has 2 atom stereocenters. The molecule has 0 radical (unpaired) electrons. The summed E-state index contributed by atoms with van der Waals surface area (Å²) >= 11 is 0. The number of aromatic hydroxyl groups is 1. The van der Waals surface area contributed by atoms with Gasteiger partial charge < -0.3 is 20.8 Å². The van der Waals surface area contributed by atoms with E-state index in [1.54, 1.807) is 0 Å². The number of amides is 2. The molecule has 1 aromatic rings. The van der Waals surface area contributed by atoms with Crippen LogP contribution in [0.3, 0.4) is 0 Å². The Morgan fingerprint density at radius 2 is 2.15 bits per heavy atom. The normalized spacial score (nSPS) is 20.2. The highest BCUT2D eigenvalue weighted by molar-refractivity contribution is 5.95. The lowest BCUT2D eigenvalue weighted by Crippen LogP contribution is -2.31. The van der Waals surface area contributed by atoms with Crippen molar-refractivity contribution in [1.29, 1.82) is 0 Å². The van der Waals surface area contributed by atoms with Gasteiger partial charge in [0.25, 0.3) is 0 Å². The van der Waals surface area contributed by atoms with Crippen LogP contribution in [0, 0.1) is 5.92 Å². The van der Waals surface area contributed by atoms with Crippen molar-refractivity contribution in [3.8, 4) is 5.75 Å². The molecule has 108 valence electrons. The summed E-state index contributed by atoms with van der Waals surface area (Å²) in [5.41, 5.74) is 0.100. The van der Waals surface area contributed by atoms with Gasteiger partial charge in [0.2, 0.25) is 0 Å². The van der Waals surface area contributed by atoms with Crippen molar-refractivity contribution in [2.75, 3.05) is 5.32 Å². The number of anilines is 1. The van der Waals surface area contributed by atoms with Gasteiger partial charge in [-0.15, -0.1) is 0 Å². The number of hydrogen-bond acceptors (Lipinski definition) is 3. The van der Waals surface area contributed by atoms with Gasteiger partial charge in [-0.3, -0.25) is 0 Å². The fraction of sp³-hybridized carbons (Fsp3) is 0.429. The first-order chi connectivity index (χ1) is 9.51. The number of phenols is 1. The van der Waals surface area contributed by atoms with E-state index in [4.69, 9.17) is 5.11 Å². The Hall–Kier alpha value is -2.24. The first-order valence-electron chi connectivity index (χ1n) is 6.65. The Morgan fingerprint density at radius 3 is 2.80 bits per heavy atom. The molecule has 4 N–H and O–H groups in total. The summed E-state index contributed by atoms with van der Waals surface area (Å²) in [6, 6.07) is 3.79. The molecule has 0 saturated heterocycles. The number of carbonyl (C=O) groups excluding carboxylic acids is 1. The second-order valence-corrected chi connectivity index (χ2v) is 5.03. The van der Waals surface area contributed by atoms with E-state index in [0.717, 1.165) is 19.3 Å². The van der Waals surface area contributed by atoms with Gasteiger partial charge in [0.1, 0.15) is 11.3 Å². The molecule has 0 aromatic heterocycles. The fourth-order valence-electron chi connectivity index (χ4n) is 2.23. The van der Waals surface area contributed by atoms with Crippen LogP contribution in [0.2, 0.25) is 0 Å². The van der Waals surface area contributed by atoms with E-state index < -0.39 is 5.97 Å². The Balaban J connectivity index is 1.92. The first-order valence-corrected chi connectivity index (χ1v) is 6.65. The van der Waals surface area contributed by atoms with Crippen molar-refractivity contribution >= 4 is 17.7 Å². The third-order valence-corrected chi connectivity index (χ3v) is 3.38. The van der Waals surface area contributed by atoms with Crippen LogP contribution in [-0.2, 0) is 0 Å². The van der Waals surface area contributed by atoms with Crippen molar-refractivity contribution in [2.45, 2.75) is 32.2 Å². The predicted octanol–water partition coefficient (Wildman–Crippen LogP) is 2.40. The summed E-state index contributed by atoms with van der Waals surface area (Å²) in [4.78, 5) is 22.6. The average molecular weight is 278 g/mol. The maximum atomic E-state index is 11.7. The zero-order chi connectivity index (χ0) is 14.7. The summed E-state index contributed by atoms with van der Waals surface area (Å²) in [5.74, 6) is -1.01. The standard InChI is InChI=1S/C14H18N2O4/c1-2-3-8-6-11(8)16-14(20)15-9-4-5-12(17)10(7-9)13(18)19/h4-5,7-8,11,17H,2-3,6H2,1H3,(H,18,19)(H2,15,16,20). The van der Waals surface area contributed by atoms with Gasteiger partial charge in [0.15, 0.2) is 0 Å². The van der Waals surface area contributed by atoms with Crippen molar-refractivity contribution < 1.29 is 19.8 Å². The van der Waals surface area contributed by atoms with Crippen molar-refractivity contribution in [3.63, 3.8) is 0 Å². The molecule has 0 bridgehead atoms. The summed E-state index contributed by atoms with van der Waals surface area (Å²) in [6.07, 6.45) is 3.20. The SMILES string of the molecule is CCCC1CC1NC(=O)Nc1ccc(O)c(C(=O)O)c1. The van der Waals surface area contributed by atoms with Crippen LogP contribution < -0.4 is 10.6 Å². The molecular weight excluding hydrogens is 260 g/mol. The monoisotopic (exact) mass is 278 g/mol. The van der Waals surface area contributed by atoms with Gasteiger partial charge in [0.05, 0.1) is 0 Å². The summed E-state index contributed by atoms with van der Waals surface area (Å²) in [6.45, 7) is 2.11. The molecule has 1 saturated carbocycles. The molecule has 1 fully saturated rings. The number of carbonyl (C=O) groups is 2. The van der Waals surface area contributed by atoms with Crippen LogP contribution in [0.5, 0.6) is 5.75 Å². The smallest absolute Gasteiger partial charge is 0.339 e. The Kier molecular flexibility index (Phi) is 4.12. The highest BCUT2D eigenvalue weighted by Crippen LogP contribution is 2.34. The van der Waals surface area contributed by atoms with Crippen molar-refractivity contribution in [3.05, 3.63) is 23.8 Å².